The van der Waals surface area contributed by atoms with Crippen molar-refractivity contribution in [2.24, 2.45) is 0 Å². The van der Waals surface area contributed by atoms with Crippen LogP contribution in [-0.2, 0) is 85.3 Å². The van der Waals surface area contributed by atoms with E-state index in [0.717, 1.165) is 0 Å². The summed E-state index contributed by atoms with van der Waals surface area (Å²) in [6.07, 6.45) is 0. The summed E-state index contributed by atoms with van der Waals surface area (Å²) in [6, 6.07) is 0. The van der Waals surface area contributed by atoms with Gasteiger partial charge in [0.2, 0.25) is 0 Å². The normalized spacial score (nSPS) is 0. The summed E-state index contributed by atoms with van der Waals surface area (Å²) in [6.45, 7) is 0. The van der Waals surface area contributed by atoms with E-state index < -0.39 is 0 Å². The summed E-state index contributed by atoms with van der Waals surface area (Å²) in [5, 5.41) is 0. The second-order valence-corrected chi connectivity index (χ2v) is 0. The van der Waals surface area contributed by atoms with E-state index in [0.29, 0.717) is 0 Å². The Balaban J connectivity index is 0. The summed E-state index contributed by atoms with van der Waals surface area (Å²) in [7, 11) is 0. The van der Waals surface area contributed by atoms with Gasteiger partial charge in [-0.1, -0.05) is 0 Å². The minimum atomic E-state index is 0. The molecule has 0 atom stereocenters. The van der Waals surface area contributed by atoms with E-state index in [4.69, 9.17) is 0 Å². The third-order valence-corrected chi connectivity index (χ3v) is 0. The average Bonchev–Trinajstić information content (AvgIpc) is 0. The third-order valence-electron chi connectivity index (χ3n) is 0. The Morgan fingerprint density at radius 1 is 0.250 bits per heavy atom. The molecule has 0 radical (unpaired) electrons. The van der Waals surface area contributed by atoms with Crippen molar-refractivity contribution >= 4 is 52.8 Å². The van der Waals surface area contributed by atoms with E-state index in [-0.39, 0.29) is 138 Å². The van der Waals surface area contributed by atoms with Crippen LogP contribution < -0.4 is 0 Å². The Hall–Kier alpha value is 4.23. The molecule has 8 heteroatoms. The van der Waals surface area contributed by atoms with Crippen LogP contribution in [0.5, 0.6) is 0 Å². The average molecular weight is 509 g/mol. The van der Waals surface area contributed by atoms with Gasteiger partial charge in [-0.25, -0.2) is 0 Å². The van der Waals surface area contributed by atoms with Crippen molar-refractivity contribution < 1.29 is 85.3 Å². The molecule has 0 unspecified atom stereocenters. The molecule has 8 heavy (non-hydrogen) atoms. The predicted molar refractivity (Wildman–Crippen MR) is 34.0 cm³/mol. The molecular weight excluding hydrogens is 497 g/mol. The van der Waals surface area contributed by atoms with E-state index in [2.05, 4.69) is 0 Å². The van der Waals surface area contributed by atoms with Gasteiger partial charge in [-0.2, -0.15) is 0 Å². The van der Waals surface area contributed by atoms with Crippen LogP contribution in [0.2, 0.25) is 0 Å². The zero-order valence-electron chi connectivity index (χ0n) is 1.77. The van der Waals surface area contributed by atoms with Gasteiger partial charge in [-0.15, -0.1) is 0 Å². The molecule has 0 saturated heterocycles. The number of hydrogen-bond donors (Lipinski definition) is 0. The molecule has 0 amide bonds. The van der Waals surface area contributed by atoms with Crippen molar-refractivity contribution in [2.45, 2.75) is 0 Å². The monoisotopic (exact) mass is 514 g/mol. The molecule has 0 aromatic heterocycles. The Bertz CT molecular complexity index is 7.64. The summed E-state index contributed by atoms with van der Waals surface area (Å²) in [4.78, 5) is 0. The van der Waals surface area contributed by atoms with Crippen LogP contribution in [-0.4, -0.2) is 52.8 Å². The van der Waals surface area contributed by atoms with E-state index in [1.807, 2.05) is 0 Å². The molecule has 0 aromatic carbocycles. The Morgan fingerprint density at radius 2 is 0.250 bits per heavy atom. The molecule has 0 nitrogen and oxygen atoms in total. The molecule has 0 aliphatic heterocycles. The fraction of sp³-hybridized carbons (Fsp3) is 0. The van der Waals surface area contributed by atoms with E-state index in [9.17, 15) is 0 Å². The van der Waals surface area contributed by atoms with Crippen LogP contribution in [0, 0.1) is 0 Å². The maximum atomic E-state index is 0. The summed E-state index contributed by atoms with van der Waals surface area (Å²) < 4.78 is 0. The number of hydrogen-bond acceptors (Lipinski definition) is 0. The van der Waals surface area contributed by atoms with Crippen LogP contribution in [0.25, 0.3) is 0 Å². The Kier molecular flexibility index (Phi) is 709. The molecule has 0 aliphatic carbocycles. The second kappa shape index (κ2) is 65.7. The molecule has 0 heterocycles. The van der Waals surface area contributed by atoms with Crippen molar-refractivity contribution in [3.05, 3.63) is 0 Å². The molecule has 0 saturated carbocycles. The zero-order valence-corrected chi connectivity index (χ0v) is 7.29. The first kappa shape index (κ1) is 86.3. The van der Waals surface area contributed by atoms with Gasteiger partial charge in [0.1, 0.15) is 0 Å². The molecule has 0 fully saturated rings. The number of rotatable bonds is 0. The van der Waals surface area contributed by atoms with Gasteiger partial charge in [-0.05, 0) is 0 Å². The van der Waals surface area contributed by atoms with Gasteiger partial charge in [0.25, 0.3) is 0 Å². The van der Waals surface area contributed by atoms with Crippen molar-refractivity contribution in [1.29, 1.82) is 0 Å². The predicted octanol–water partition coefficient (Wildman–Crippen LogP) is -4.37. The fourth-order valence-electron chi connectivity index (χ4n) is 0. The summed E-state index contributed by atoms with van der Waals surface area (Å²) >= 11 is 0. The first-order chi connectivity index (χ1) is 0. The molecular formula is H12Fe5Ge3. The molecule has 0 aliphatic rings. The van der Waals surface area contributed by atoms with Gasteiger partial charge in [0.05, 0.1) is 0 Å². The van der Waals surface area contributed by atoms with E-state index >= 15 is 0 Å². The van der Waals surface area contributed by atoms with E-state index in [1.165, 1.54) is 0 Å². The third kappa shape index (κ3) is 48.7. The first-order valence-electron chi connectivity index (χ1n) is 0. The topological polar surface area (TPSA) is 0 Å². The zero-order chi connectivity index (χ0) is 0. The second-order valence-electron chi connectivity index (χ2n) is 0. The van der Waals surface area contributed by atoms with Gasteiger partial charge < -0.3 is 0 Å². The van der Waals surface area contributed by atoms with Crippen LogP contribution >= 0.6 is 0 Å². The molecule has 0 bridgehead atoms. The summed E-state index contributed by atoms with van der Waals surface area (Å²) in [5.41, 5.74) is 0. The standard InChI is InChI=1S/5Fe.3GeH4/h;;;;;3*1H4. The van der Waals surface area contributed by atoms with Crippen molar-refractivity contribution in [3.63, 3.8) is 0 Å². The summed E-state index contributed by atoms with van der Waals surface area (Å²) in [5.74, 6) is 0. The van der Waals surface area contributed by atoms with Crippen LogP contribution in [0.15, 0.2) is 0 Å². The van der Waals surface area contributed by atoms with Crippen LogP contribution in [0.1, 0.15) is 0 Å². The minimum absolute atomic E-state index is 0. The van der Waals surface area contributed by atoms with Gasteiger partial charge in [-0.3, -0.25) is 0 Å². The van der Waals surface area contributed by atoms with Crippen molar-refractivity contribution in [3.8, 4) is 0 Å². The van der Waals surface area contributed by atoms with Gasteiger partial charge >= 0.3 is 52.8 Å². The molecule has 64 valence electrons. The van der Waals surface area contributed by atoms with Crippen molar-refractivity contribution in [1.82, 2.24) is 0 Å². The SMILES string of the molecule is [Fe].[Fe].[Fe].[Fe].[Fe].[GeH4].[GeH4].[GeH4]. The molecule has 0 N–H and O–H groups in total. The molecule has 0 rings (SSSR count). The van der Waals surface area contributed by atoms with Gasteiger partial charge in [0, 0.05) is 85.3 Å². The van der Waals surface area contributed by atoms with Gasteiger partial charge in [0.15, 0.2) is 0 Å². The van der Waals surface area contributed by atoms with E-state index in [1.54, 1.807) is 0 Å². The molecule has 0 aromatic rings. The molecule has 0 spiro atoms. The fourth-order valence-corrected chi connectivity index (χ4v) is 0. The quantitative estimate of drug-likeness (QED) is 0.290. The van der Waals surface area contributed by atoms with Crippen LogP contribution in [0.4, 0.5) is 0 Å². The van der Waals surface area contributed by atoms with Crippen molar-refractivity contribution in [2.75, 3.05) is 0 Å². The van der Waals surface area contributed by atoms with Crippen LogP contribution in [0.3, 0.4) is 0 Å². The Morgan fingerprint density at radius 3 is 0.250 bits per heavy atom. The maximum absolute atomic E-state index is 0. The Labute approximate surface area is 136 Å². The first-order valence-corrected chi connectivity index (χ1v) is 0.